The monoisotopic (exact) mass is 330 g/mol. The molecule has 0 atom stereocenters. The number of hydrogen-bond acceptors (Lipinski definition) is 4. The minimum Gasteiger partial charge on any atom is -0.478 e. The fourth-order valence-corrected chi connectivity index (χ4v) is 3.37. The molecule has 2 aromatic rings. The van der Waals surface area contributed by atoms with E-state index in [2.05, 4.69) is 4.90 Å². The standard InChI is InChI=1S/C17H18N2O3S/c20-16(15-2-1-11-23-15)19-9-7-18(8-10-19)12-13-3-5-14(6-4-13)17(21)22/h1-6,11H,7-10,12H2,(H,21,22). The van der Waals surface area contributed by atoms with Crippen molar-refractivity contribution in [2.24, 2.45) is 0 Å². The molecule has 1 fully saturated rings. The van der Waals surface area contributed by atoms with Crippen LogP contribution in [0.4, 0.5) is 0 Å². The molecule has 1 aromatic carbocycles. The van der Waals surface area contributed by atoms with Gasteiger partial charge in [-0.15, -0.1) is 11.3 Å². The molecule has 0 radical (unpaired) electrons. The van der Waals surface area contributed by atoms with Crippen LogP contribution in [0.5, 0.6) is 0 Å². The van der Waals surface area contributed by atoms with Crippen molar-refractivity contribution in [1.82, 2.24) is 9.80 Å². The molecule has 23 heavy (non-hydrogen) atoms. The van der Waals surface area contributed by atoms with Crippen LogP contribution in [0.15, 0.2) is 41.8 Å². The molecule has 2 heterocycles. The van der Waals surface area contributed by atoms with Crippen LogP contribution >= 0.6 is 11.3 Å². The number of piperazine rings is 1. The van der Waals surface area contributed by atoms with Crippen LogP contribution < -0.4 is 0 Å². The minimum absolute atomic E-state index is 0.116. The van der Waals surface area contributed by atoms with Crippen LogP contribution in [0.1, 0.15) is 25.6 Å². The van der Waals surface area contributed by atoms with Gasteiger partial charge in [0, 0.05) is 32.7 Å². The highest BCUT2D eigenvalue weighted by Gasteiger charge is 2.22. The van der Waals surface area contributed by atoms with Gasteiger partial charge in [-0.1, -0.05) is 18.2 Å². The Morgan fingerprint density at radius 2 is 1.74 bits per heavy atom. The Morgan fingerprint density at radius 3 is 2.30 bits per heavy atom. The van der Waals surface area contributed by atoms with Crippen LogP contribution in [0.25, 0.3) is 0 Å². The van der Waals surface area contributed by atoms with Crippen LogP contribution in [0.2, 0.25) is 0 Å². The molecule has 3 rings (SSSR count). The van der Waals surface area contributed by atoms with Gasteiger partial charge in [0.1, 0.15) is 0 Å². The number of aromatic carboxylic acids is 1. The zero-order chi connectivity index (χ0) is 16.2. The molecule has 0 saturated carbocycles. The highest BCUT2D eigenvalue weighted by molar-refractivity contribution is 7.12. The molecular weight excluding hydrogens is 312 g/mol. The summed E-state index contributed by atoms with van der Waals surface area (Å²) in [6.45, 7) is 3.89. The molecule has 1 amide bonds. The summed E-state index contributed by atoms with van der Waals surface area (Å²) in [5, 5.41) is 10.8. The lowest BCUT2D eigenvalue weighted by Crippen LogP contribution is -2.48. The minimum atomic E-state index is -0.905. The molecule has 1 N–H and O–H groups in total. The summed E-state index contributed by atoms with van der Waals surface area (Å²) in [5.74, 6) is -0.789. The molecule has 1 saturated heterocycles. The Hall–Kier alpha value is -2.18. The second kappa shape index (κ2) is 6.93. The normalized spacial score (nSPS) is 15.6. The van der Waals surface area contributed by atoms with Crippen molar-refractivity contribution < 1.29 is 14.7 Å². The number of nitrogens with zero attached hydrogens (tertiary/aromatic N) is 2. The van der Waals surface area contributed by atoms with Gasteiger partial charge in [-0.2, -0.15) is 0 Å². The summed E-state index contributed by atoms with van der Waals surface area (Å²) >= 11 is 1.48. The third-order valence-corrected chi connectivity index (χ3v) is 4.86. The first-order valence-electron chi connectivity index (χ1n) is 7.51. The van der Waals surface area contributed by atoms with Gasteiger partial charge in [0.25, 0.3) is 5.91 Å². The number of thiophene rings is 1. The molecule has 1 aliphatic heterocycles. The van der Waals surface area contributed by atoms with E-state index in [1.54, 1.807) is 12.1 Å². The Bertz CT molecular complexity index is 674. The first-order valence-corrected chi connectivity index (χ1v) is 8.39. The number of carboxylic acids is 1. The SMILES string of the molecule is O=C(O)c1ccc(CN2CCN(C(=O)c3cccs3)CC2)cc1. The number of carbonyl (C=O) groups is 2. The van der Waals surface area contributed by atoms with E-state index in [1.807, 2.05) is 34.5 Å². The second-order valence-corrected chi connectivity index (χ2v) is 6.50. The fraction of sp³-hybridized carbons (Fsp3) is 0.294. The molecule has 5 nitrogen and oxygen atoms in total. The molecule has 0 spiro atoms. The third kappa shape index (κ3) is 3.78. The second-order valence-electron chi connectivity index (χ2n) is 5.55. The molecular formula is C17H18N2O3S. The first-order chi connectivity index (χ1) is 11.1. The molecule has 0 aliphatic carbocycles. The first kappa shape index (κ1) is 15.7. The van der Waals surface area contributed by atoms with E-state index >= 15 is 0 Å². The van der Waals surface area contributed by atoms with Gasteiger partial charge in [0.2, 0.25) is 0 Å². The fourth-order valence-electron chi connectivity index (χ4n) is 2.68. The van der Waals surface area contributed by atoms with E-state index in [0.717, 1.165) is 43.2 Å². The van der Waals surface area contributed by atoms with E-state index < -0.39 is 5.97 Å². The molecule has 1 aromatic heterocycles. The van der Waals surface area contributed by atoms with Crippen LogP contribution in [-0.2, 0) is 6.54 Å². The number of carbonyl (C=O) groups excluding carboxylic acids is 1. The zero-order valence-corrected chi connectivity index (χ0v) is 13.5. The summed E-state index contributed by atoms with van der Waals surface area (Å²) in [7, 11) is 0. The predicted molar refractivity (Wildman–Crippen MR) is 88.9 cm³/mol. The van der Waals surface area contributed by atoms with Crippen molar-refractivity contribution in [2.75, 3.05) is 26.2 Å². The highest BCUT2D eigenvalue weighted by Crippen LogP contribution is 2.15. The van der Waals surface area contributed by atoms with Crippen LogP contribution in [0, 0.1) is 0 Å². The Kier molecular flexibility index (Phi) is 4.73. The highest BCUT2D eigenvalue weighted by atomic mass is 32.1. The lowest BCUT2D eigenvalue weighted by molar-refractivity contribution is 0.0632. The van der Waals surface area contributed by atoms with Crippen LogP contribution in [0.3, 0.4) is 0 Å². The zero-order valence-electron chi connectivity index (χ0n) is 12.6. The number of rotatable bonds is 4. The van der Waals surface area contributed by atoms with Crippen molar-refractivity contribution in [1.29, 1.82) is 0 Å². The third-order valence-electron chi connectivity index (χ3n) is 4.00. The van der Waals surface area contributed by atoms with Gasteiger partial charge >= 0.3 is 5.97 Å². The molecule has 0 bridgehead atoms. The van der Waals surface area contributed by atoms with E-state index in [4.69, 9.17) is 5.11 Å². The number of carboxylic acid groups (broad SMARTS) is 1. The van der Waals surface area contributed by atoms with Gasteiger partial charge < -0.3 is 10.0 Å². The molecule has 6 heteroatoms. The van der Waals surface area contributed by atoms with Crippen molar-refractivity contribution in [3.63, 3.8) is 0 Å². The number of hydrogen-bond donors (Lipinski definition) is 1. The van der Waals surface area contributed by atoms with E-state index in [1.165, 1.54) is 11.3 Å². The van der Waals surface area contributed by atoms with Gasteiger partial charge in [-0.3, -0.25) is 9.69 Å². The smallest absolute Gasteiger partial charge is 0.335 e. The molecule has 120 valence electrons. The predicted octanol–water partition coefficient (Wildman–Crippen LogP) is 2.40. The van der Waals surface area contributed by atoms with Gasteiger partial charge in [-0.05, 0) is 29.1 Å². The Morgan fingerprint density at radius 1 is 1.04 bits per heavy atom. The number of benzene rings is 1. The Labute approximate surface area is 138 Å². The largest absolute Gasteiger partial charge is 0.478 e. The molecule has 0 unspecified atom stereocenters. The van der Waals surface area contributed by atoms with Crippen molar-refractivity contribution >= 4 is 23.2 Å². The van der Waals surface area contributed by atoms with Crippen molar-refractivity contribution in [3.05, 3.63) is 57.8 Å². The summed E-state index contributed by atoms with van der Waals surface area (Å²) < 4.78 is 0. The van der Waals surface area contributed by atoms with Gasteiger partial charge in [0.15, 0.2) is 0 Å². The summed E-state index contributed by atoms with van der Waals surface area (Å²) in [5.41, 5.74) is 1.40. The maximum atomic E-state index is 12.3. The topological polar surface area (TPSA) is 60.9 Å². The number of amides is 1. The maximum absolute atomic E-state index is 12.3. The van der Waals surface area contributed by atoms with Gasteiger partial charge in [-0.25, -0.2) is 4.79 Å². The van der Waals surface area contributed by atoms with Crippen LogP contribution in [-0.4, -0.2) is 53.0 Å². The van der Waals surface area contributed by atoms with E-state index in [9.17, 15) is 9.59 Å². The van der Waals surface area contributed by atoms with Crippen molar-refractivity contribution in [2.45, 2.75) is 6.54 Å². The summed E-state index contributed by atoms with van der Waals surface area (Å²) in [4.78, 5) is 28.1. The molecule has 1 aliphatic rings. The quantitative estimate of drug-likeness (QED) is 0.935. The lowest BCUT2D eigenvalue weighted by Gasteiger charge is -2.34. The van der Waals surface area contributed by atoms with Crippen molar-refractivity contribution in [3.8, 4) is 0 Å². The summed E-state index contributed by atoms with van der Waals surface area (Å²) in [6.07, 6.45) is 0. The lowest BCUT2D eigenvalue weighted by atomic mass is 10.1. The van der Waals surface area contributed by atoms with E-state index in [0.29, 0.717) is 5.56 Å². The Balaban J connectivity index is 1.53. The van der Waals surface area contributed by atoms with Gasteiger partial charge in [0.05, 0.1) is 10.4 Å². The van der Waals surface area contributed by atoms with E-state index in [-0.39, 0.29) is 5.91 Å². The maximum Gasteiger partial charge on any atom is 0.335 e. The average molecular weight is 330 g/mol. The average Bonchev–Trinajstić information content (AvgIpc) is 3.10. The summed E-state index contributed by atoms with van der Waals surface area (Å²) in [6, 6.07) is 10.7.